The largest absolute Gasteiger partial charge is 0.366 e. The molecule has 0 aliphatic carbocycles. The fourth-order valence-corrected chi connectivity index (χ4v) is 5.01. The van der Waals surface area contributed by atoms with Gasteiger partial charge in [-0.15, -0.1) is 6.42 Å². The van der Waals surface area contributed by atoms with Gasteiger partial charge in [-0.1, -0.05) is 18.1 Å². The Morgan fingerprint density at radius 2 is 1.94 bits per heavy atom. The topological polar surface area (TPSA) is 79.5 Å². The maximum absolute atomic E-state index is 13.3. The standard InChI is InChI=1S/C25H27FN4O2/c1-3-21-11-22(24(27)31)23(16(2)28-21)25(32)30-14-18-12-29(13-19(18)15-30)9-5-7-17-6-4-8-20(26)10-17/h1,4,6,8,10-11,18-19H,5,7,9,12-15H2,2H3,(H2,27,31)/t18-,19?/m0/s1. The van der Waals surface area contributed by atoms with Crippen molar-refractivity contribution in [1.82, 2.24) is 14.8 Å². The Labute approximate surface area is 187 Å². The highest BCUT2D eigenvalue weighted by molar-refractivity contribution is 6.07. The van der Waals surface area contributed by atoms with Gasteiger partial charge in [-0.3, -0.25) is 9.59 Å². The molecule has 3 heterocycles. The predicted molar refractivity (Wildman–Crippen MR) is 119 cm³/mol. The summed E-state index contributed by atoms with van der Waals surface area (Å²) in [5, 5.41) is 0. The third-order valence-electron chi connectivity index (χ3n) is 6.51. The first-order chi connectivity index (χ1) is 15.4. The molecule has 2 aliphatic rings. The second-order valence-electron chi connectivity index (χ2n) is 8.75. The Hall–Kier alpha value is -3.24. The predicted octanol–water partition coefficient (Wildman–Crippen LogP) is 2.25. The minimum absolute atomic E-state index is 0.131. The van der Waals surface area contributed by atoms with Crippen molar-refractivity contribution in [3.8, 4) is 12.3 Å². The van der Waals surface area contributed by atoms with Crippen LogP contribution in [0.1, 0.15) is 44.1 Å². The van der Waals surface area contributed by atoms with Gasteiger partial charge in [-0.05, 0) is 61.9 Å². The van der Waals surface area contributed by atoms with Crippen LogP contribution in [-0.4, -0.2) is 59.3 Å². The lowest BCUT2D eigenvalue weighted by atomic mass is 10.0. The number of benzene rings is 1. The number of pyridine rings is 1. The Kier molecular flexibility index (Phi) is 6.24. The second kappa shape index (κ2) is 9.09. The van der Waals surface area contributed by atoms with Crippen LogP contribution in [0.2, 0.25) is 0 Å². The van der Waals surface area contributed by atoms with Crippen LogP contribution in [-0.2, 0) is 6.42 Å². The van der Waals surface area contributed by atoms with Gasteiger partial charge < -0.3 is 15.5 Å². The molecule has 1 unspecified atom stereocenters. The number of fused-ring (bicyclic) bond motifs is 1. The molecule has 2 aromatic rings. The Morgan fingerprint density at radius 3 is 2.56 bits per heavy atom. The smallest absolute Gasteiger partial charge is 0.256 e. The van der Waals surface area contributed by atoms with Gasteiger partial charge in [-0.25, -0.2) is 9.37 Å². The van der Waals surface area contributed by atoms with Crippen LogP contribution in [0, 0.1) is 36.9 Å². The average Bonchev–Trinajstić information content (AvgIpc) is 3.31. The Balaban J connectivity index is 1.35. The van der Waals surface area contributed by atoms with Crippen LogP contribution in [0.4, 0.5) is 4.39 Å². The van der Waals surface area contributed by atoms with Gasteiger partial charge in [0.1, 0.15) is 11.5 Å². The molecule has 0 radical (unpaired) electrons. The normalized spacial score (nSPS) is 20.2. The van der Waals surface area contributed by atoms with Crippen LogP contribution in [0.3, 0.4) is 0 Å². The van der Waals surface area contributed by atoms with E-state index in [0.717, 1.165) is 38.0 Å². The van der Waals surface area contributed by atoms with E-state index in [-0.39, 0.29) is 22.9 Å². The van der Waals surface area contributed by atoms with E-state index >= 15 is 0 Å². The third-order valence-corrected chi connectivity index (χ3v) is 6.51. The molecule has 7 heteroatoms. The van der Waals surface area contributed by atoms with Gasteiger partial charge in [0.25, 0.3) is 5.91 Å². The summed E-state index contributed by atoms with van der Waals surface area (Å²) in [6.45, 7) is 5.82. The highest BCUT2D eigenvalue weighted by Crippen LogP contribution is 2.32. The quantitative estimate of drug-likeness (QED) is 0.708. The summed E-state index contributed by atoms with van der Waals surface area (Å²) in [6, 6.07) is 8.18. The summed E-state index contributed by atoms with van der Waals surface area (Å²) >= 11 is 0. The zero-order valence-electron chi connectivity index (χ0n) is 18.2. The van der Waals surface area contributed by atoms with Crippen molar-refractivity contribution < 1.29 is 14.0 Å². The number of aromatic nitrogens is 1. The van der Waals surface area contributed by atoms with Crippen LogP contribution >= 0.6 is 0 Å². The number of halogens is 1. The molecule has 6 nitrogen and oxygen atoms in total. The number of amides is 2. The Morgan fingerprint density at radius 1 is 1.22 bits per heavy atom. The first-order valence-electron chi connectivity index (χ1n) is 10.9. The number of likely N-dealkylation sites (tertiary alicyclic amines) is 2. The van der Waals surface area contributed by atoms with Crippen LogP contribution in [0.5, 0.6) is 0 Å². The van der Waals surface area contributed by atoms with Crippen molar-refractivity contribution in [2.45, 2.75) is 19.8 Å². The first-order valence-corrected chi connectivity index (χ1v) is 10.9. The number of hydrogen-bond donors (Lipinski definition) is 1. The maximum Gasteiger partial charge on any atom is 0.256 e. The van der Waals surface area contributed by atoms with Gasteiger partial charge >= 0.3 is 0 Å². The molecule has 1 aromatic heterocycles. The lowest BCUT2D eigenvalue weighted by molar-refractivity contribution is 0.0767. The van der Waals surface area contributed by atoms with E-state index in [2.05, 4.69) is 15.8 Å². The van der Waals surface area contributed by atoms with Crippen LogP contribution in [0.15, 0.2) is 30.3 Å². The van der Waals surface area contributed by atoms with Crippen molar-refractivity contribution in [2.75, 3.05) is 32.7 Å². The Bertz CT molecular complexity index is 1080. The zero-order chi connectivity index (χ0) is 22.8. The molecule has 2 atom stereocenters. The number of terminal acetylenes is 1. The van der Waals surface area contributed by atoms with Gasteiger partial charge in [-0.2, -0.15) is 0 Å². The van der Waals surface area contributed by atoms with Gasteiger partial charge in [0, 0.05) is 26.2 Å². The molecule has 0 bridgehead atoms. The molecule has 2 amide bonds. The number of carbonyl (C=O) groups is 2. The van der Waals surface area contributed by atoms with Gasteiger partial charge in [0.2, 0.25) is 5.91 Å². The number of primary amides is 1. The summed E-state index contributed by atoms with van der Waals surface area (Å²) in [5.41, 5.74) is 7.64. The fraction of sp³-hybridized carbons (Fsp3) is 0.400. The molecule has 2 saturated heterocycles. The van der Waals surface area contributed by atoms with Crippen molar-refractivity contribution >= 4 is 11.8 Å². The highest BCUT2D eigenvalue weighted by atomic mass is 19.1. The molecule has 2 N–H and O–H groups in total. The molecule has 166 valence electrons. The summed E-state index contributed by atoms with van der Waals surface area (Å²) in [6.07, 6.45) is 7.23. The van der Waals surface area contributed by atoms with Crippen molar-refractivity contribution in [3.63, 3.8) is 0 Å². The van der Waals surface area contributed by atoms with E-state index < -0.39 is 5.91 Å². The lowest BCUT2D eigenvalue weighted by Gasteiger charge is -2.23. The van der Waals surface area contributed by atoms with E-state index in [1.807, 2.05) is 11.0 Å². The average molecular weight is 435 g/mol. The minimum atomic E-state index is -0.681. The molecule has 0 spiro atoms. The number of carbonyl (C=O) groups excluding carboxylic acids is 2. The summed E-state index contributed by atoms with van der Waals surface area (Å²) < 4.78 is 13.3. The summed E-state index contributed by atoms with van der Waals surface area (Å²) in [5.74, 6) is 2.13. The van der Waals surface area contributed by atoms with E-state index in [4.69, 9.17) is 12.2 Å². The fourth-order valence-electron chi connectivity index (χ4n) is 5.01. The first kappa shape index (κ1) is 22.0. The lowest BCUT2D eigenvalue weighted by Crippen LogP contribution is -2.35. The number of aryl methyl sites for hydroxylation is 2. The molecule has 0 saturated carbocycles. The minimum Gasteiger partial charge on any atom is -0.366 e. The molecule has 2 fully saturated rings. The van der Waals surface area contributed by atoms with Crippen molar-refractivity contribution in [3.05, 3.63) is 64.2 Å². The molecule has 2 aliphatic heterocycles. The van der Waals surface area contributed by atoms with E-state index in [1.165, 1.54) is 12.1 Å². The highest BCUT2D eigenvalue weighted by Gasteiger charge is 2.42. The van der Waals surface area contributed by atoms with E-state index in [1.54, 1.807) is 19.1 Å². The van der Waals surface area contributed by atoms with Gasteiger partial charge in [0.05, 0.1) is 16.8 Å². The van der Waals surface area contributed by atoms with E-state index in [0.29, 0.717) is 36.3 Å². The number of hydrogen-bond acceptors (Lipinski definition) is 4. The van der Waals surface area contributed by atoms with Crippen LogP contribution < -0.4 is 5.73 Å². The SMILES string of the molecule is C#Cc1cc(C(N)=O)c(C(=O)N2CC3CN(CCCc4cccc(F)c4)C[C@H]3C2)c(C)n1. The molecule has 1 aromatic carbocycles. The number of nitrogens with two attached hydrogens (primary N) is 1. The van der Waals surface area contributed by atoms with Gasteiger partial charge in [0.15, 0.2) is 0 Å². The van der Waals surface area contributed by atoms with Crippen molar-refractivity contribution in [2.24, 2.45) is 17.6 Å². The zero-order valence-corrected chi connectivity index (χ0v) is 18.2. The molecule has 32 heavy (non-hydrogen) atoms. The second-order valence-corrected chi connectivity index (χ2v) is 8.75. The number of rotatable bonds is 6. The van der Waals surface area contributed by atoms with Crippen molar-refractivity contribution in [1.29, 1.82) is 0 Å². The molecule has 4 rings (SSSR count). The monoisotopic (exact) mass is 434 g/mol. The third kappa shape index (κ3) is 4.51. The van der Waals surface area contributed by atoms with E-state index in [9.17, 15) is 14.0 Å². The maximum atomic E-state index is 13.3. The van der Waals surface area contributed by atoms with Crippen LogP contribution in [0.25, 0.3) is 0 Å². The molecular weight excluding hydrogens is 407 g/mol. The summed E-state index contributed by atoms with van der Waals surface area (Å²) in [4.78, 5) is 33.7. The molecular formula is C25H27FN4O2. The number of nitrogens with zero attached hydrogens (tertiary/aromatic N) is 3. The summed E-state index contributed by atoms with van der Waals surface area (Å²) in [7, 11) is 0.